The summed E-state index contributed by atoms with van der Waals surface area (Å²) in [7, 11) is 0. The Hall–Kier alpha value is -2.82. The molecular formula is C21H27F3N6O2. The first-order valence-electron chi connectivity index (χ1n) is 10.8. The zero-order chi connectivity index (χ0) is 22.9. The summed E-state index contributed by atoms with van der Waals surface area (Å²) in [6.07, 6.45) is -1.01. The zero-order valence-electron chi connectivity index (χ0n) is 17.7. The van der Waals surface area contributed by atoms with Gasteiger partial charge in [0, 0.05) is 57.1 Å². The van der Waals surface area contributed by atoms with Crippen LogP contribution in [0.25, 0.3) is 10.9 Å². The predicted octanol–water partition coefficient (Wildman–Crippen LogP) is 2.20. The van der Waals surface area contributed by atoms with E-state index in [9.17, 15) is 22.8 Å². The molecule has 0 atom stereocenters. The van der Waals surface area contributed by atoms with Gasteiger partial charge in [-0.25, -0.2) is 4.79 Å². The first-order valence-corrected chi connectivity index (χ1v) is 10.8. The highest BCUT2D eigenvalue weighted by Gasteiger charge is 2.34. The van der Waals surface area contributed by atoms with Crippen molar-refractivity contribution in [1.82, 2.24) is 24.9 Å². The molecule has 2 aliphatic heterocycles. The van der Waals surface area contributed by atoms with E-state index in [0.29, 0.717) is 43.2 Å². The summed E-state index contributed by atoms with van der Waals surface area (Å²) in [4.78, 5) is 29.7. The lowest BCUT2D eigenvalue weighted by molar-refractivity contribution is -0.136. The van der Waals surface area contributed by atoms with Crippen molar-refractivity contribution in [2.45, 2.75) is 37.9 Å². The number of H-pyrrole nitrogens is 1. The van der Waals surface area contributed by atoms with Gasteiger partial charge < -0.3 is 15.5 Å². The van der Waals surface area contributed by atoms with Gasteiger partial charge in [-0.1, -0.05) is 0 Å². The second-order valence-corrected chi connectivity index (χ2v) is 8.45. The number of aromatic amines is 1. The van der Waals surface area contributed by atoms with Gasteiger partial charge >= 0.3 is 12.2 Å². The van der Waals surface area contributed by atoms with E-state index in [1.165, 1.54) is 6.20 Å². The summed E-state index contributed by atoms with van der Waals surface area (Å²) in [5.74, 6) is -0.0390. The van der Waals surface area contributed by atoms with Gasteiger partial charge in [0.2, 0.25) is 5.91 Å². The number of likely N-dealkylation sites (tertiary alicyclic amines) is 1. The number of aromatic nitrogens is 2. The fraction of sp³-hybridized carbons (Fsp3) is 0.571. The van der Waals surface area contributed by atoms with Crippen LogP contribution in [0, 0.1) is 0 Å². The maximum atomic E-state index is 13.4. The molecule has 2 saturated heterocycles. The van der Waals surface area contributed by atoms with Crippen LogP contribution >= 0.6 is 0 Å². The number of carbonyl (C=O) groups is 2. The van der Waals surface area contributed by atoms with Crippen molar-refractivity contribution in [1.29, 1.82) is 0 Å². The van der Waals surface area contributed by atoms with Crippen LogP contribution in [0.4, 0.5) is 18.0 Å². The summed E-state index contributed by atoms with van der Waals surface area (Å²) >= 11 is 0. The molecule has 4 rings (SSSR count). The van der Waals surface area contributed by atoms with Crippen LogP contribution in [0.1, 0.15) is 30.4 Å². The Morgan fingerprint density at radius 1 is 1.06 bits per heavy atom. The maximum Gasteiger partial charge on any atom is 0.418 e. The number of fused-ring (bicyclic) bond motifs is 1. The van der Waals surface area contributed by atoms with Crippen LogP contribution in [0.2, 0.25) is 0 Å². The number of piperidine rings is 1. The second kappa shape index (κ2) is 8.97. The van der Waals surface area contributed by atoms with Crippen LogP contribution in [0.5, 0.6) is 0 Å². The molecule has 0 spiro atoms. The van der Waals surface area contributed by atoms with Crippen LogP contribution in [0.15, 0.2) is 18.3 Å². The van der Waals surface area contributed by atoms with Crippen molar-refractivity contribution in [3.8, 4) is 0 Å². The molecule has 0 bridgehead atoms. The molecule has 1 aromatic heterocycles. The number of halogens is 3. The number of carbonyl (C=O) groups excluding carboxylic acids is 2. The topological polar surface area (TPSA) is 98.6 Å². The van der Waals surface area contributed by atoms with E-state index in [0.717, 1.165) is 32.0 Å². The number of nitrogens with one attached hydrogen (secondary N) is 1. The standard InChI is InChI=1S/C21H27F3N6O2/c22-21(23,24)17-12-14(11-15-13-26-27-19(15)17)1-2-18(31)29-5-3-16(4-6-29)28-7-9-30(10-8-28)20(25)32/h11-13,16H,1-10H2,(H2,25,32)(H,26,27). The molecule has 8 nitrogen and oxygen atoms in total. The van der Waals surface area contributed by atoms with Gasteiger partial charge in [-0.3, -0.25) is 14.8 Å². The summed E-state index contributed by atoms with van der Waals surface area (Å²) in [5, 5.41) is 6.51. The van der Waals surface area contributed by atoms with E-state index in [2.05, 4.69) is 15.1 Å². The number of hydrogen-bond acceptors (Lipinski definition) is 4. The second-order valence-electron chi connectivity index (χ2n) is 8.45. The van der Waals surface area contributed by atoms with Crippen LogP contribution < -0.4 is 5.73 Å². The van der Waals surface area contributed by atoms with Gasteiger partial charge in [0.25, 0.3) is 0 Å². The molecule has 11 heteroatoms. The fourth-order valence-corrected chi connectivity index (χ4v) is 4.68. The number of primary amides is 1. The van der Waals surface area contributed by atoms with Crippen molar-refractivity contribution in [2.24, 2.45) is 5.73 Å². The van der Waals surface area contributed by atoms with Crippen LogP contribution in [-0.4, -0.2) is 82.1 Å². The minimum atomic E-state index is -4.49. The first kappa shape index (κ1) is 22.4. The Kier molecular flexibility index (Phi) is 6.27. The largest absolute Gasteiger partial charge is 0.418 e. The third-order valence-electron chi connectivity index (χ3n) is 6.50. The molecule has 32 heavy (non-hydrogen) atoms. The Bertz CT molecular complexity index is 976. The molecule has 1 aromatic carbocycles. The minimum absolute atomic E-state index is 0.0358. The Morgan fingerprint density at radius 2 is 1.75 bits per heavy atom. The van der Waals surface area contributed by atoms with E-state index in [-0.39, 0.29) is 30.3 Å². The molecule has 2 aliphatic rings. The Labute approximate surface area is 183 Å². The summed E-state index contributed by atoms with van der Waals surface area (Å²) in [6.45, 7) is 4.06. The summed E-state index contributed by atoms with van der Waals surface area (Å²) in [5.41, 5.74) is 5.01. The highest BCUT2D eigenvalue weighted by molar-refractivity contribution is 5.83. The average molecular weight is 452 g/mol. The van der Waals surface area contributed by atoms with Crippen molar-refractivity contribution in [3.05, 3.63) is 29.5 Å². The lowest BCUT2D eigenvalue weighted by Crippen LogP contribution is -2.55. The normalized spacial score (nSPS) is 19.0. The fourth-order valence-electron chi connectivity index (χ4n) is 4.68. The number of nitrogens with two attached hydrogens (primary N) is 1. The average Bonchev–Trinajstić information content (AvgIpc) is 3.25. The zero-order valence-corrected chi connectivity index (χ0v) is 17.7. The number of benzene rings is 1. The number of hydrogen-bond donors (Lipinski definition) is 2. The van der Waals surface area contributed by atoms with E-state index in [1.807, 2.05) is 0 Å². The van der Waals surface area contributed by atoms with Gasteiger partial charge in [0.15, 0.2) is 0 Å². The monoisotopic (exact) mass is 452 g/mol. The van der Waals surface area contributed by atoms with Crippen molar-refractivity contribution in [2.75, 3.05) is 39.3 Å². The predicted molar refractivity (Wildman–Crippen MR) is 112 cm³/mol. The number of rotatable bonds is 4. The van der Waals surface area contributed by atoms with E-state index >= 15 is 0 Å². The van der Waals surface area contributed by atoms with E-state index in [4.69, 9.17) is 5.73 Å². The molecule has 174 valence electrons. The Balaban J connectivity index is 1.29. The molecule has 2 aromatic rings. The summed E-state index contributed by atoms with van der Waals surface area (Å²) < 4.78 is 40.1. The van der Waals surface area contributed by atoms with Gasteiger partial charge in [-0.2, -0.15) is 18.3 Å². The van der Waals surface area contributed by atoms with Crippen LogP contribution in [0.3, 0.4) is 0 Å². The molecule has 3 amide bonds. The molecule has 3 heterocycles. The number of nitrogens with zero attached hydrogens (tertiary/aromatic N) is 4. The first-order chi connectivity index (χ1) is 15.2. The van der Waals surface area contributed by atoms with Gasteiger partial charge in [-0.05, 0) is 37.0 Å². The maximum absolute atomic E-state index is 13.4. The smallest absolute Gasteiger partial charge is 0.351 e. The highest BCUT2D eigenvalue weighted by atomic mass is 19.4. The SMILES string of the molecule is NC(=O)N1CCN(C2CCN(C(=O)CCc3cc(C(F)(F)F)c4[nH]ncc4c3)CC2)CC1. The molecule has 0 saturated carbocycles. The van der Waals surface area contributed by atoms with Crippen molar-refractivity contribution < 1.29 is 22.8 Å². The third-order valence-corrected chi connectivity index (χ3v) is 6.50. The third kappa shape index (κ3) is 4.82. The molecule has 0 radical (unpaired) electrons. The molecule has 3 N–H and O–H groups in total. The van der Waals surface area contributed by atoms with Gasteiger partial charge in [-0.15, -0.1) is 0 Å². The molecular weight excluding hydrogens is 425 g/mol. The quantitative estimate of drug-likeness (QED) is 0.743. The molecule has 0 unspecified atom stereocenters. The lowest BCUT2D eigenvalue weighted by Gasteiger charge is -2.42. The molecule has 2 fully saturated rings. The number of amides is 3. The number of aryl methyl sites for hydroxylation is 1. The van der Waals surface area contributed by atoms with Crippen molar-refractivity contribution in [3.63, 3.8) is 0 Å². The van der Waals surface area contributed by atoms with E-state index < -0.39 is 11.7 Å². The molecule has 0 aliphatic carbocycles. The van der Waals surface area contributed by atoms with E-state index in [1.54, 1.807) is 15.9 Å². The summed E-state index contributed by atoms with van der Waals surface area (Å²) in [6, 6.07) is 2.73. The number of urea groups is 1. The van der Waals surface area contributed by atoms with Gasteiger partial charge in [0.1, 0.15) is 0 Å². The van der Waals surface area contributed by atoms with Crippen LogP contribution in [-0.2, 0) is 17.4 Å². The Morgan fingerprint density at radius 3 is 2.38 bits per heavy atom. The minimum Gasteiger partial charge on any atom is -0.351 e. The van der Waals surface area contributed by atoms with Crippen molar-refractivity contribution >= 4 is 22.8 Å². The highest BCUT2D eigenvalue weighted by Crippen LogP contribution is 2.35. The lowest BCUT2D eigenvalue weighted by atomic mass is 10.00. The van der Waals surface area contributed by atoms with Gasteiger partial charge in [0.05, 0.1) is 17.3 Å². The number of piperazine rings is 1. The number of alkyl halides is 3.